The summed E-state index contributed by atoms with van der Waals surface area (Å²) in [6.45, 7) is 6.83. The summed E-state index contributed by atoms with van der Waals surface area (Å²) in [5.74, 6) is 0.741. The van der Waals surface area contributed by atoms with E-state index in [1.165, 1.54) is 17.7 Å². The summed E-state index contributed by atoms with van der Waals surface area (Å²) in [7, 11) is 0. The molecule has 2 aromatic carbocycles. The van der Waals surface area contributed by atoms with Gasteiger partial charge in [0.2, 0.25) is 11.7 Å². The molecule has 0 fully saturated rings. The van der Waals surface area contributed by atoms with Crippen molar-refractivity contribution in [3.05, 3.63) is 70.1 Å². The molecule has 0 atom stereocenters. The van der Waals surface area contributed by atoms with Gasteiger partial charge in [0.15, 0.2) is 0 Å². The van der Waals surface area contributed by atoms with E-state index in [1.807, 2.05) is 18.2 Å². The smallest absolute Gasteiger partial charge is 0.270 e. The normalized spacial score (nSPS) is 11.3. The Labute approximate surface area is 151 Å². The van der Waals surface area contributed by atoms with Crippen LogP contribution in [0, 0.1) is 10.1 Å². The fourth-order valence-electron chi connectivity index (χ4n) is 2.66. The van der Waals surface area contributed by atoms with Crippen LogP contribution in [0.1, 0.15) is 32.2 Å². The van der Waals surface area contributed by atoms with E-state index in [4.69, 9.17) is 4.52 Å². The van der Waals surface area contributed by atoms with E-state index in [-0.39, 0.29) is 11.1 Å². The molecular weight excluding hydrogens is 332 g/mol. The van der Waals surface area contributed by atoms with Gasteiger partial charge in [0.1, 0.15) is 0 Å². The van der Waals surface area contributed by atoms with Gasteiger partial charge in [-0.25, -0.2) is 0 Å². The van der Waals surface area contributed by atoms with Crippen molar-refractivity contribution in [2.24, 2.45) is 0 Å². The Morgan fingerprint density at radius 2 is 1.92 bits per heavy atom. The first kappa shape index (κ1) is 17.6. The molecular formula is C19H20N4O3. The molecule has 0 bridgehead atoms. The van der Waals surface area contributed by atoms with Crippen molar-refractivity contribution in [1.82, 2.24) is 10.1 Å². The molecule has 26 heavy (non-hydrogen) atoms. The molecule has 3 rings (SSSR count). The molecule has 0 saturated carbocycles. The number of aromatic nitrogens is 2. The summed E-state index contributed by atoms with van der Waals surface area (Å²) in [5, 5.41) is 18.1. The molecule has 3 aromatic rings. The van der Waals surface area contributed by atoms with Crippen molar-refractivity contribution in [1.29, 1.82) is 0 Å². The quantitative estimate of drug-likeness (QED) is 0.534. The number of nitrogens with zero attached hydrogens (tertiary/aromatic N) is 3. The molecule has 0 amide bonds. The third kappa shape index (κ3) is 3.88. The first-order valence-corrected chi connectivity index (χ1v) is 8.25. The first-order valence-electron chi connectivity index (χ1n) is 8.25. The van der Waals surface area contributed by atoms with Gasteiger partial charge in [-0.1, -0.05) is 56.3 Å². The molecule has 0 aliphatic rings. The number of hydrogen-bond acceptors (Lipinski definition) is 6. The highest BCUT2D eigenvalue weighted by Crippen LogP contribution is 2.29. The second kappa shape index (κ2) is 6.95. The minimum atomic E-state index is -0.449. The van der Waals surface area contributed by atoms with Crippen molar-refractivity contribution in [3.8, 4) is 11.4 Å². The van der Waals surface area contributed by atoms with Gasteiger partial charge in [-0.3, -0.25) is 10.1 Å². The SMILES string of the molecule is CC(C)(C)c1ccccc1NCc1nc(-c2cccc([N+](=O)[O-])c2)no1. The van der Waals surface area contributed by atoms with Crippen LogP contribution < -0.4 is 5.32 Å². The number of anilines is 1. The highest BCUT2D eigenvalue weighted by Gasteiger charge is 2.18. The Hall–Kier alpha value is -3.22. The lowest BCUT2D eigenvalue weighted by molar-refractivity contribution is -0.384. The molecule has 7 heteroatoms. The van der Waals surface area contributed by atoms with Gasteiger partial charge in [0, 0.05) is 23.4 Å². The Morgan fingerprint density at radius 3 is 2.65 bits per heavy atom. The van der Waals surface area contributed by atoms with Crippen LogP contribution >= 0.6 is 0 Å². The second-order valence-corrected chi connectivity index (χ2v) is 6.97. The molecule has 0 aliphatic heterocycles. The Kier molecular flexibility index (Phi) is 4.71. The molecule has 0 radical (unpaired) electrons. The zero-order valence-corrected chi connectivity index (χ0v) is 14.9. The molecule has 0 saturated heterocycles. The maximum Gasteiger partial charge on any atom is 0.270 e. The monoisotopic (exact) mass is 352 g/mol. The van der Waals surface area contributed by atoms with Crippen LogP contribution in [0.25, 0.3) is 11.4 Å². The third-order valence-corrected chi connectivity index (χ3v) is 3.95. The van der Waals surface area contributed by atoms with Gasteiger partial charge in [-0.05, 0) is 17.0 Å². The molecule has 1 N–H and O–H groups in total. The Morgan fingerprint density at radius 1 is 1.15 bits per heavy atom. The van der Waals surface area contributed by atoms with Crippen LogP contribution in [0.15, 0.2) is 53.1 Å². The average Bonchev–Trinajstić information content (AvgIpc) is 3.08. The van der Waals surface area contributed by atoms with E-state index >= 15 is 0 Å². The fraction of sp³-hybridized carbons (Fsp3) is 0.263. The summed E-state index contributed by atoms with van der Waals surface area (Å²) >= 11 is 0. The molecule has 0 spiro atoms. The maximum absolute atomic E-state index is 10.9. The van der Waals surface area contributed by atoms with Gasteiger partial charge >= 0.3 is 0 Å². The zero-order chi connectivity index (χ0) is 18.7. The van der Waals surface area contributed by atoms with Crippen LogP contribution in [0.2, 0.25) is 0 Å². The number of nitro groups is 1. The van der Waals surface area contributed by atoms with Gasteiger partial charge in [-0.2, -0.15) is 4.98 Å². The van der Waals surface area contributed by atoms with Crippen LogP contribution in [0.3, 0.4) is 0 Å². The summed E-state index contributed by atoms with van der Waals surface area (Å²) in [6.07, 6.45) is 0. The number of non-ortho nitro benzene ring substituents is 1. The highest BCUT2D eigenvalue weighted by molar-refractivity contribution is 5.58. The lowest BCUT2D eigenvalue weighted by Gasteiger charge is -2.23. The molecule has 1 heterocycles. The van der Waals surface area contributed by atoms with E-state index in [9.17, 15) is 10.1 Å². The van der Waals surface area contributed by atoms with Crippen molar-refractivity contribution in [2.75, 3.05) is 5.32 Å². The number of para-hydroxylation sites is 1. The predicted octanol–water partition coefficient (Wildman–Crippen LogP) is 4.55. The Bertz CT molecular complexity index is 928. The molecule has 1 aromatic heterocycles. The zero-order valence-electron chi connectivity index (χ0n) is 14.9. The molecule has 134 valence electrons. The van der Waals surface area contributed by atoms with Crippen molar-refractivity contribution in [3.63, 3.8) is 0 Å². The van der Waals surface area contributed by atoms with E-state index in [0.29, 0.717) is 23.8 Å². The van der Waals surface area contributed by atoms with Gasteiger partial charge in [0.05, 0.1) is 11.5 Å². The maximum atomic E-state index is 10.9. The van der Waals surface area contributed by atoms with Crippen molar-refractivity contribution < 1.29 is 9.45 Å². The summed E-state index contributed by atoms with van der Waals surface area (Å²) < 4.78 is 5.27. The van der Waals surface area contributed by atoms with Crippen LogP contribution in [-0.2, 0) is 12.0 Å². The topological polar surface area (TPSA) is 94.1 Å². The highest BCUT2D eigenvalue weighted by atomic mass is 16.6. The van der Waals surface area contributed by atoms with Gasteiger partial charge in [-0.15, -0.1) is 0 Å². The van der Waals surface area contributed by atoms with Crippen LogP contribution in [0.4, 0.5) is 11.4 Å². The van der Waals surface area contributed by atoms with Crippen molar-refractivity contribution >= 4 is 11.4 Å². The number of rotatable bonds is 5. The summed E-state index contributed by atoms with van der Waals surface area (Å²) in [5.41, 5.74) is 2.75. The minimum absolute atomic E-state index is 0.00652. The molecule has 0 unspecified atom stereocenters. The van der Waals surface area contributed by atoms with E-state index in [0.717, 1.165) is 5.69 Å². The van der Waals surface area contributed by atoms with Crippen molar-refractivity contribution in [2.45, 2.75) is 32.7 Å². The predicted molar refractivity (Wildman–Crippen MR) is 98.9 cm³/mol. The van der Waals surface area contributed by atoms with Gasteiger partial charge in [0.25, 0.3) is 5.69 Å². The van der Waals surface area contributed by atoms with Crippen LogP contribution in [0.5, 0.6) is 0 Å². The molecule has 0 aliphatic carbocycles. The Balaban J connectivity index is 1.76. The average molecular weight is 352 g/mol. The molecule has 7 nitrogen and oxygen atoms in total. The second-order valence-electron chi connectivity index (χ2n) is 6.97. The number of benzene rings is 2. The van der Waals surface area contributed by atoms with E-state index in [2.05, 4.69) is 42.3 Å². The number of hydrogen-bond donors (Lipinski definition) is 1. The summed E-state index contributed by atoms with van der Waals surface area (Å²) in [4.78, 5) is 14.8. The number of nitro benzene ring substituents is 1. The fourth-order valence-corrected chi connectivity index (χ4v) is 2.66. The number of nitrogens with one attached hydrogen (secondary N) is 1. The lowest BCUT2D eigenvalue weighted by Crippen LogP contribution is -2.14. The first-order chi connectivity index (χ1) is 12.3. The minimum Gasteiger partial charge on any atom is -0.376 e. The largest absolute Gasteiger partial charge is 0.376 e. The standard InChI is InChI=1S/C19H20N4O3/c1-19(2,3)15-9-4-5-10-16(15)20-12-17-21-18(22-26-17)13-7-6-8-14(11-13)23(24)25/h4-11,20H,12H2,1-3H3. The van der Waals surface area contributed by atoms with Gasteiger partial charge < -0.3 is 9.84 Å². The lowest BCUT2D eigenvalue weighted by atomic mass is 9.86. The van der Waals surface area contributed by atoms with E-state index in [1.54, 1.807) is 12.1 Å². The third-order valence-electron chi connectivity index (χ3n) is 3.95. The van der Waals surface area contributed by atoms with E-state index < -0.39 is 4.92 Å². The van der Waals surface area contributed by atoms with Crippen LogP contribution in [-0.4, -0.2) is 15.1 Å². The summed E-state index contributed by atoms with van der Waals surface area (Å²) in [6, 6.07) is 14.2.